The lowest BCUT2D eigenvalue weighted by molar-refractivity contribution is 0.714. The van der Waals surface area contributed by atoms with Crippen LogP contribution in [0, 0.1) is 0 Å². The van der Waals surface area contributed by atoms with Crippen LogP contribution in [0.5, 0.6) is 0 Å². The Morgan fingerprint density at radius 2 is 0.978 bits per heavy atom. The summed E-state index contributed by atoms with van der Waals surface area (Å²) >= 11 is 0. The molecule has 46 heavy (non-hydrogen) atoms. The smallest absolute Gasteiger partial charge is 0.0542 e. The van der Waals surface area contributed by atoms with E-state index < -0.39 is 0 Å². The molecule has 0 amide bonds. The lowest BCUT2D eigenvalue weighted by Crippen LogP contribution is -2.25. The van der Waals surface area contributed by atoms with Gasteiger partial charge < -0.3 is 9.47 Å². The molecule has 0 radical (unpaired) electrons. The Kier molecular flexibility index (Phi) is 5.97. The number of hydrogen-bond acceptors (Lipinski definition) is 1. The summed E-state index contributed by atoms with van der Waals surface area (Å²) < 4.78 is 2.38. The van der Waals surface area contributed by atoms with Crippen LogP contribution in [0.25, 0.3) is 38.6 Å². The van der Waals surface area contributed by atoms with Crippen molar-refractivity contribution in [2.24, 2.45) is 0 Å². The molecular formula is C44H32N2. The summed E-state index contributed by atoms with van der Waals surface area (Å²) in [4.78, 5) is 2.44. The van der Waals surface area contributed by atoms with Crippen molar-refractivity contribution < 1.29 is 0 Å². The molecule has 2 heteroatoms. The minimum Gasteiger partial charge on any atom is -0.310 e. The minimum absolute atomic E-state index is 0.329. The van der Waals surface area contributed by atoms with Gasteiger partial charge in [-0.1, -0.05) is 121 Å². The van der Waals surface area contributed by atoms with Crippen molar-refractivity contribution in [1.29, 1.82) is 0 Å². The van der Waals surface area contributed by atoms with Crippen molar-refractivity contribution in [2.75, 3.05) is 4.90 Å². The molecule has 218 valence electrons. The average molecular weight is 589 g/mol. The third kappa shape index (κ3) is 3.83. The maximum Gasteiger partial charge on any atom is 0.0542 e. The molecule has 0 aliphatic heterocycles. The molecule has 1 aliphatic rings. The SMILES string of the molecule is CC1(c2ccccc2N(c2ccccc2)c2ccc3c(c2)c2ccccc2n3-c2ccccc2)c2ccccc2-c2ccccc21. The van der Waals surface area contributed by atoms with E-state index in [0.29, 0.717) is 0 Å². The van der Waals surface area contributed by atoms with Crippen LogP contribution in [0.1, 0.15) is 23.6 Å². The molecule has 0 spiro atoms. The van der Waals surface area contributed by atoms with Gasteiger partial charge >= 0.3 is 0 Å². The van der Waals surface area contributed by atoms with Gasteiger partial charge in [-0.25, -0.2) is 0 Å². The zero-order valence-electron chi connectivity index (χ0n) is 25.6. The first-order chi connectivity index (χ1) is 22.7. The first kappa shape index (κ1) is 26.5. The number of hydrogen-bond donors (Lipinski definition) is 0. The van der Waals surface area contributed by atoms with Crippen LogP contribution in [0.15, 0.2) is 176 Å². The van der Waals surface area contributed by atoms with E-state index in [4.69, 9.17) is 0 Å². The normalized spacial score (nSPS) is 13.1. The van der Waals surface area contributed by atoms with E-state index in [-0.39, 0.29) is 5.41 Å². The van der Waals surface area contributed by atoms with Crippen LogP contribution in [0.3, 0.4) is 0 Å². The predicted molar refractivity (Wildman–Crippen MR) is 193 cm³/mol. The summed E-state index contributed by atoms with van der Waals surface area (Å²) in [7, 11) is 0. The number of fused-ring (bicyclic) bond motifs is 6. The van der Waals surface area contributed by atoms with E-state index in [1.54, 1.807) is 0 Å². The zero-order valence-corrected chi connectivity index (χ0v) is 25.6. The van der Waals surface area contributed by atoms with Crippen molar-refractivity contribution in [3.8, 4) is 16.8 Å². The Morgan fingerprint density at radius 3 is 1.70 bits per heavy atom. The van der Waals surface area contributed by atoms with Gasteiger partial charge in [-0.15, -0.1) is 0 Å². The summed E-state index contributed by atoms with van der Waals surface area (Å²) in [6.07, 6.45) is 0. The monoisotopic (exact) mass is 588 g/mol. The predicted octanol–water partition coefficient (Wildman–Crippen LogP) is 11.6. The zero-order chi connectivity index (χ0) is 30.7. The van der Waals surface area contributed by atoms with Crippen LogP contribution >= 0.6 is 0 Å². The van der Waals surface area contributed by atoms with Gasteiger partial charge in [0, 0.05) is 33.2 Å². The molecule has 1 aliphatic carbocycles. The largest absolute Gasteiger partial charge is 0.310 e. The molecule has 0 bridgehead atoms. The van der Waals surface area contributed by atoms with E-state index >= 15 is 0 Å². The molecule has 0 N–H and O–H groups in total. The highest BCUT2D eigenvalue weighted by Crippen LogP contribution is 2.55. The van der Waals surface area contributed by atoms with Gasteiger partial charge in [-0.2, -0.15) is 0 Å². The molecule has 0 saturated heterocycles. The van der Waals surface area contributed by atoms with Crippen LogP contribution in [0.2, 0.25) is 0 Å². The van der Waals surface area contributed by atoms with Crippen molar-refractivity contribution in [3.05, 3.63) is 193 Å². The Bertz CT molecular complexity index is 2340. The van der Waals surface area contributed by atoms with Gasteiger partial charge in [0.2, 0.25) is 0 Å². The molecular weight excluding hydrogens is 556 g/mol. The van der Waals surface area contributed by atoms with Gasteiger partial charge in [0.25, 0.3) is 0 Å². The second-order valence-corrected chi connectivity index (χ2v) is 12.3. The fourth-order valence-corrected chi connectivity index (χ4v) is 7.79. The fourth-order valence-electron chi connectivity index (χ4n) is 7.79. The molecule has 8 aromatic rings. The van der Waals surface area contributed by atoms with Gasteiger partial charge in [-0.05, 0) is 89.3 Å². The molecule has 0 atom stereocenters. The lowest BCUT2D eigenvalue weighted by Gasteiger charge is -2.35. The standard InChI is InChI=1S/C44H32N2/c1-44(38-23-11-8-20-34(38)35-21-9-12-24-39(35)44)40-25-13-15-27-43(40)45(31-16-4-2-5-17-31)33-28-29-42-37(30-33)36-22-10-14-26-41(36)46(42)32-18-6-3-7-19-32/h2-30H,1H3. The highest BCUT2D eigenvalue weighted by Gasteiger charge is 2.42. The average Bonchev–Trinajstić information content (AvgIpc) is 3.59. The molecule has 7 aromatic carbocycles. The number of rotatable bonds is 5. The fraction of sp³-hybridized carbons (Fsp3) is 0.0455. The van der Waals surface area contributed by atoms with Crippen LogP contribution in [0.4, 0.5) is 17.1 Å². The van der Waals surface area contributed by atoms with Crippen LogP contribution in [-0.4, -0.2) is 4.57 Å². The Hall–Kier alpha value is -5.86. The van der Waals surface area contributed by atoms with Gasteiger partial charge in [0.05, 0.1) is 16.7 Å². The summed E-state index contributed by atoms with van der Waals surface area (Å²) in [6, 6.07) is 63.9. The third-order valence-electron chi connectivity index (χ3n) is 9.85. The van der Waals surface area contributed by atoms with E-state index in [9.17, 15) is 0 Å². The Balaban J connectivity index is 1.31. The van der Waals surface area contributed by atoms with Crippen LogP contribution < -0.4 is 4.90 Å². The van der Waals surface area contributed by atoms with Gasteiger partial charge in [0.15, 0.2) is 0 Å². The van der Waals surface area contributed by atoms with E-state index in [0.717, 1.165) is 17.1 Å². The second-order valence-electron chi connectivity index (χ2n) is 12.3. The lowest BCUT2D eigenvalue weighted by atomic mass is 9.73. The molecule has 1 heterocycles. The summed E-state index contributed by atoms with van der Waals surface area (Å²) in [5.74, 6) is 0. The topological polar surface area (TPSA) is 8.17 Å². The van der Waals surface area contributed by atoms with Crippen molar-refractivity contribution in [3.63, 3.8) is 0 Å². The van der Waals surface area contributed by atoms with Gasteiger partial charge in [-0.3, -0.25) is 0 Å². The molecule has 2 nitrogen and oxygen atoms in total. The van der Waals surface area contributed by atoms with Gasteiger partial charge in [0.1, 0.15) is 0 Å². The maximum atomic E-state index is 2.44. The molecule has 9 rings (SSSR count). The number of para-hydroxylation sites is 4. The van der Waals surface area contributed by atoms with Crippen molar-refractivity contribution in [1.82, 2.24) is 4.57 Å². The number of anilines is 3. The highest BCUT2D eigenvalue weighted by atomic mass is 15.1. The first-order valence-corrected chi connectivity index (χ1v) is 16.0. The highest BCUT2D eigenvalue weighted by molar-refractivity contribution is 6.10. The molecule has 0 unspecified atom stereocenters. The quantitative estimate of drug-likeness (QED) is 0.194. The number of aromatic nitrogens is 1. The van der Waals surface area contributed by atoms with Crippen molar-refractivity contribution >= 4 is 38.9 Å². The van der Waals surface area contributed by atoms with Crippen LogP contribution in [-0.2, 0) is 5.41 Å². The minimum atomic E-state index is -0.329. The third-order valence-corrected chi connectivity index (χ3v) is 9.85. The number of nitrogens with zero attached hydrogens (tertiary/aromatic N) is 2. The van der Waals surface area contributed by atoms with E-state index in [1.807, 2.05) is 0 Å². The van der Waals surface area contributed by atoms with E-state index in [2.05, 4.69) is 192 Å². The maximum absolute atomic E-state index is 2.44. The van der Waals surface area contributed by atoms with Crippen molar-refractivity contribution in [2.45, 2.75) is 12.3 Å². The molecule has 0 fully saturated rings. The molecule has 1 aromatic heterocycles. The Morgan fingerprint density at radius 1 is 0.435 bits per heavy atom. The summed E-state index contributed by atoms with van der Waals surface area (Å²) in [5, 5.41) is 2.48. The second kappa shape index (κ2) is 10.4. The summed E-state index contributed by atoms with van der Waals surface area (Å²) in [5.41, 5.74) is 13.3. The first-order valence-electron chi connectivity index (χ1n) is 16.0. The molecule has 0 saturated carbocycles. The van der Waals surface area contributed by atoms with E-state index in [1.165, 1.54) is 55.3 Å². The Labute approximate surface area is 269 Å². The summed E-state index contributed by atoms with van der Waals surface area (Å²) in [6.45, 7) is 2.40. The number of benzene rings is 7.